The van der Waals surface area contributed by atoms with Gasteiger partial charge in [0.15, 0.2) is 0 Å². The fraction of sp³-hybridized carbons (Fsp3) is 0.389. The van der Waals surface area contributed by atoms with Crippen LogP contribution in [0.2, 0.25) is 5.02 Å². The van der Waals surface area contributed by atoms with E-state index >= 15 is 0 Å². The second kappa shape index (κ2) is 7.70. The van der Waals surface area contributed by atoms with Gasteiger partial charge < -0.3 is 10.2 Å². The molecule has 7 heteroatoms. The number of hydrogen-bond donors (Lipinski definition) is 1. The Hall–Kier alpha value is -2.34. The third kappa shape index (κ3) is 4.39. The lowest BCUT2D eigenvalue weighted by Crippen LogP contribution is -2.46. The quantitative estimate of drug-likeness (QED) is 0.885. The van der Waals surface area contributed by atoms with Gasteiger partial charge in [0.2, 0.25) is 11.8 Å². The van der Waals surface area contributed by atoms with Gasteiger partial charge in [-0.1, -0.05) is 23.7 Å². The first-order chi connectivity index (χ1) is 12.0. The minimum atomic E-state index is -0.392. The van der Waals surface area contributed by atoms with Crippen LogP contribution in [0.25, 0.3) is 0 Å². The van der Waals surface area contributed by atoms with Crippen LogP contribution < -0.4 is 5.32 Å². The number of nitrogens with one attached hydrogen (secondary N) is 1. The standard InChI is InChI=1S/C18H21ClN4O2/c1-22-12-14(11-21-22)9-17(24)23-8-2-3-16(23)18(25)20-10-13-4-6-15(19)7-5-13/h4-7,11-12,16H,2-3,8-10H2,1H3,(H,20,25). The predicted molar refractivity (Wildman–Crippen MR) is 94.9 cm³/mol. The smallest absolute Gasteiger partial charge is 0.243 e. The zero-order valence-corrected chi connectivity index (χ0v) is 14.9. The van der Waals surface area contributed by atoms with E-state index in [0.29, 0.717) is 24.5 Å². The van der Waals surface area contributed by atoms with Crippen LogP contribution >= 0.6 is 11.6 Å². The molecular formula is C18H21ClN4O2. The molecule has 1 atom stereocenters. The molecule has 0 saturated carbocycles. The maximum absolute atomic E-state index is 12.5. The monoisotopic (exact) mass is 360 g/mol. The number of aromatic nitrogens is 2. The van der Waals surface area contributed by atoms with Crippen molar-refractivity contribution in [2.75, 3.05) is 6.54 Å². The number of carbonyl (C=O) groups is 2. The Kier molecular flexibility index (Phi) is 5.38. The van der Waals surface area contributed by atoms with Crippen molar-refractivity contribution in [2.45, 2.75) is 31.8 Å². The molecule has 1 unspecified atom stereocenters. The minimum absolute atomic E-state index is 0.0304. The Bertz CT molecular complexity index is 757. The van der Waals surface area contributed by atoms with E-state index in [2.05, 4.69) is 10.4 Å². The summed E-state index contributed by atoms with van der Waals surface area (Å²) in [6.07, 6.45) is 5.32. The van der Waals surface area contributed by atoms with Gasteiger partial charge in [0.25, 0.3) is 0 Å². The van der Waals surface area contributed by atoms with E-state index in [-0.39, 0.29) is 18.2 Å². The Morgan fingerprint density at radius 3 is 2.72 bits per heavy atom. The summed E-state index contributed by atoms with van der Waals surface area (Å²) in [5.41, 5.74) is 1.84. The van der Waals surface area contributed by atoms with Crippen LogP contribution in [0, 0.1) is 0 Å². The van der Waals surface area contributed by atoms with Gasteiger partial charge in [-0.05, 0) is 36.1 Å². The largest absolute Gasteiger partial charge is 0.350 e. The Morgan fingerprint density at radius 1 is 1.28 bits per heavy atom. The lowest BCUT2D eigenvalue weighted by Gasteiger charge is -2.24. The highest BCUT2D eigenvalue weighted by Crippen LogP contribution is 2.19. The van der Waals surface area contributed by atoms with E-state index in [4.69, 9.17) is 11.6 Å². The molecule has 6 nitrogen and oxygen atoms in total. The third-order valence-electron chi connectivity index (χ3n) is 4.37. The molecule has 0 radical (unpaired) electrons. The van der Waals surface area contributed by atoms with E-state index in [1.165, 1.54) is 0 Å². The maximum Gasteiger partial charge on any atom is 0.243 e. The second-order valence-corrected chi connectivity index (χ2v) is 6.72. The molecule has 0 bridgehead atoms. The summed E-state index contributed by atoms with van der Waals surface area (Å²) in [5, 5.41) is 7.66. The van der Waals surface area contributed by atoms with Gasteiger partial charge in [-0.3, -0.25) is 14.3 Å². The van der Waals surface area contributed by atoms with Gasteiger partial charge in [0.05, 0.1) is 12.6 Å². The number of benzene rings is 1. The molecule has 0 spiro atoms. The molecule has 3 rings (SSSR count). The summed E-state index contributed by atoms with van der Waals surface area (Å²) in [6, 6.07) is 6.95. The summed E-state index contributed by atoms with van der Waals surface area (Å²) in [4.78, 5) is 26.7. The summed E-state index contributed by atoms with van der Waals surface area (Å²) < 4.78 is 1.67. The molecular weight excluding hydrogens is 340 g/mol. The van der Waals surface area contributed by atoms with Crippen molar-refractivity contribution in [3.8, 4) is 0 Å². The van der Waals surface area contributed by atoms with E-state index in [1.54, 1.807) is 27.9 Å². The predicted octanol–water partition coefficient (Wildman–Crippen LogP) is 1.92. The topological polar surface area (TPSA) is 67.2 Å². The molecule has 1 aromatic carbocycles. The van der Waals surface area contributed by atoms with E-state index < -0.39 is 6.04 Å². The van der Waals surface area contributed by atoms with Crippen molar-refractivity contribution in [2.24, 2.45) is 7.05 Å². The molecule has 1 fully saturated rings. The van der Waals surface area contributed by atoms with E-state index in [0.717, 1.165) is 17.5 Å². The van der Waals surface area contributed by atoms with Crippen LogP contribution in [-0.4, -0.2) is 39.1 Å². The number of amides is 2. The number of rotatable bonds is 5. The first kappa shape index (κ1) is 17.5. The molecule has 2 heterocycles. The lowest BCUT2D eigenvalue weighted by molar-refractivity contribution is -0.138. The van der Waals surface area contributed by atoms with E-state index in [1.807, 2.05) is 25.4 Å². The average molecular weight is 361 g/mol. The molecule has 1 saturated heterocycles. The van der Waals surface area contributed by atoms with Crippen molar-refractivity contribution in [1.82, 2.24) is 20.0 Å². The molecule has 1 aliphatic rings. The van der Waals surface area contributed by atoms with Crippen molar-refractivity contribution >= 4 is 23.4 Å². The van der Waals surface area contributed by atoms with Crippen LogP contribution in [0.15, 0.2) is 36.7 Å². The second-order valence-electron chi connectivity index (χ2n) is 6.29. The Balaban J connectivity index is 1.57. The molecule has 1 aliphatic heterocycles. The highest BCUT2D eigenvalue weighted by molar-refractivity contribution is 6.30. The zero-order valence-electron chi connectivity index (χ0n) is 14.1. The molecule has 2 aromatic rings. The number of carbonyl (C=O) groups excluding carboxylic acids is 2. The Labute approximate surface area is 151 Å². The highest BCUT2D eigenvalue weighted by atomic mass is 35.5. The minimum Gasteiger partial charge on any atom is -0.350 e. The van der Waals surface area contributed by atoms with Gasteiger partial charge in [0.1, 0.15) is 6.04 Å². The van der Waals surface area contributed by atoms with Crippen LogP contribution in [0.1, 0.15) is 24.0 Å². The summed E-state index contributed by atoms with van der Waals surface area (Å²) in [5.74, 6) is -0.135. The van der Waals surface area contributed by atoms with Crippen LogP contribution in [-0.2, 0) is 29.6 Å². The summed E-state index contributed by atoms with van der Waals surface area (Å²) >= 11 is 5.86. The fourth-order valence-electron chi connectivity index (χ4n) is 3.09. The zero-order chi connectivity index (χ0) is 17.8. The highest BCUT2D eigenvalue weighted by Gasteiger charge is 2.33. The van der Waals surface area contributed by atoms with Crippen molar-refractivity contribution in [1.29, 1.82) is 0 Å². The normalized spacial score (nSPS) is 16.9. The molecule has 0 aliphatic carbocycles. The van der Waals surface area contributed by atoms with Crippen LogP contribution in [0.4, 0.5) is 0 Å². The summed E-state index contributed by atoms with van der Waals surface area (Å²) in [7, 11) is 1.82. The Morgan fingerprint density at radius 2 is 2.04 bits per heavy atom. The number of hydrogen-bond acceptors (Lipinski definition) is 3. The van der Waals surface area contributed by atoms with Crippen LogP contribution in [0.5, 0.6) is 0 Å². The summed E-state index contributed by atoms with van der Waals surface area (Å²) in [6.45, 7) is 1.05. The van der Waals surface area contributed by atoms with Crippen LogP contribution in [0.3, 0.4) is 0 Å². The molecule has 1 aromatic heterocycles. The van der Waals surface area contributed by atoms with Gasteiger partial charge >= 0.3 is 0 Å². The number of aryl methyl sites for hydroxylation is 1. The maximum atomic E-state index is 12.5. The molecule has 25 heavy (non-hydrogen) atoms. The average Bonchev–Trinajstić information content (AvgIpc) is 3.23. The third-order valence-corrected chi connectivity index (χ3v) is 4.62. The van der Waals surface area contributed by atoms with Gasteiger partial charge in [-0.25, -0.2) is 0 Å². The molecule has 132 valence electrons. The first-order valence-corrected chi connectivity index (χ1v) is 8.70. The van der Waals surface area contributed by atoms with Crippen molar-refractivity contribution in [3.63, 3.8) is 0 Å². The fourth-order valence-corrected chi connectivity index (χ4v) is 3.21. The van der Waals surface area contributed by atoms with Crippen molar-refractivity contribution < 1.29 is 9.59 Å². The SMILES string of the molecule is Cn1cc(CC(=O)N2CCCC2C(=O)NCc2ccc(Cl)cc2)cn1. The molecule has 2 amide bonds. The van der Waals surface area contributed by atoms with Crippen molar-refractivity contribution in [3.05, 3.63) is 52.8 Å². The first-order valence-electron chi connectivity index (χ1n) is 8.32. The van der Waals surface area contributed by atoms with E-state index in [9.17, 15) is 9.59 Å². The van der Waals surface area contributed by atoms with Gasteiger partial charge in [-0.15, -0.1) is 0 Å². The number of likely N-dealkylation sites (tertiary alicyclic amines) is 1. The van der Waals surface area contributed by atoms with Gasteiger partial charge in [-0.2, -0.15) is 5.10 Å². The number of nitrogens with zero attached hydrogens (tertiary/aromatic N) is 3. The number of halogens is 1. The van der Waals surface area contributed by atoms with Gasteiger partial charge in [0, 0.05) is 31.4 Å². The lowest BCUT2D eigenvalue weighted by atomic mass is 10.1. The molecule has 1 N–H and O–H groups in total.